The fourth-order valence-electron chi connectivity index (χ4n) is 3.84. The lowest BCUT2D eigenvalue weighted by atomic mass is 9.95. The number of hydrogen-bond acceptors (Lipinski definition) is 7. The van der Waals surface area contributed by atoms with Gasteiger partial charge in [-0.1, -0.05) is 23.8 Å². The number of nitrogens with one attached hydrogen (secondary N) is 3. The monoisotopic (exact) mass is 491 g/mol. The van der Waals surface area contributed by atoms with Gasteiger partial charge in [-0.25, -0.2) is 9.59 Å². The minimum atomic E-state index is -0.699. The summed E-state index contributed by atoms with van der Waals surface area (Å²) in [5.41, 5.74) is 3.18. The first kappa shape index (κ1) is 24.5. The molecule has 1 aliphatic heterocycles. The fourth-order valence-corrected chi connectivity index (χ4v) is 3.84. The van der Waals surface area contributed by atoms with E-state index in [1.807, 2.05) is 19.1 Å². The maximum atomic E-state index is 12.4. The van der Waals surface area contributed by atoms with Crippen LogP contribution in [-0.4, -0.2) is 41.2 Å². The van der Waals surface area contributed by atoms with Crippen LogP contribution in [0, 0.1) is 6.92 Å². The van der Waals surface area contributed by atoms with Gasteiger partial charge in [0, 0.05) is 11.1 Å². The standard InChI is InChI=1S/C25H25N5O6/c1-4-35-24(33)20-14(3)26-25(34)28-21(20)15-6-8-16(9-7-15)36-12-19(31)29-30-22-17-11-13(2)5-10-18(17)27-23(22)32/h5-11,21,27,32H,4,12H2,1-3H3,(H2,26,28,34). The normalized spacial score (nSPS) is 15.6. The highest BCUT2D eigenvalue weighted by molar-refractivity contribution is 5.95. The summed E-state index contributed by atoms with van der Waals surface area (Å²) in [6, 6.07) is 11.0. The van der Waals surface area contributed by atoms with Crippen LogP contribution in [0.15, 0.2) is 64.0 Å². The van der Waals surface area contributed by atoms with Gasteiger partial charge >= 0.3 is 17.9 Å². The maximum absolute atomic E-state index is 12.4. The van der Waals surface area contributed by atoms with E-state index in [1.54, 1.807) is 44.2 Å². The van der Waals surface area contributed by atoms with Gasteiger partial charge in [0.15, 0.2) is 12.3 Å². The number of esters is 1. The average Bonchev–Trinajstić information content (AvgIpc) is 3.15. The molecule has 0 saturated heterocycles. The first-order valence-electron chi connectivity index (χ1n) is 11.2. The third kappa shape index (κ3) is 5.19. The van der Waals surface area contributed by atoms with Gasteiger partial charge in [0.2, 0.25) is 5.88 Å². The molecule has 1 atom stereocenters. The Morgan fingerprint density at radius 3 is 2.58 bits per heavy atom. The van der Waals surface area contributed by atoms with Crippen molar-refractivity contribution in [3.63, 3.8) is 0 Å². The van der Waals surface area contributed by atoms with Crippen molar-refractivity contribution in [1.82, 2.24) is 15.6 Å². The average molecular weight is 492 g/mol. The Hall–Kier alpha value is -4.67. The minimum absolute atomic E-state index is 0.177. The number of urea groups is 1. The molecule has 3 amide bonds. The van der Waals surface area contributed by atoms with Crippen molar-refractivity contribution in [3.05, 3.63) is 64.9 Å². The van der Waals surface area contributed by atoms with Crippen molar-refractivity contribution in [2.75, 3.05) is 13.2 Å². The number of ether oxygens (including phenoxy) is 2. The number of H-pyrrole nitrogens is 1. The number of aromatic hydroxyl groups is 1. The molecule has 0 aliphatic carbocycles. The van der Waals surface area contributed by atoms with E-state index in [-0.39, 0.29) is 24.8 Å². The molecule has 0 radical (unpaired) electrons. The number of rotatable bonds is 7. The van der Waals surface area contributed by atoms with Crippen molar-refractivity contribution in [2.45, 2.75) is 26.8 Å². The van der Waals surface area contributed by atoms with Crippen molar-refractivity contribution in [3.8, 4) is 11.6 Å². The van der Waals surface area contributed by atoms with Crippen LogP contribution in [0.3, 0.4) is 0 Å². The molecule has 4 N–H and O–H groups in total. The van der Waals surface area contributed by atoms with Crippen LogP contribution in [0.1, 0.15) is 31.0 Å². The molecular weight excluding hydrogens is 466 g/mol. The minimum Gasteiger partial charge on any atom is -0.493 e. The summed E-state index contributed by atoms with van der Waals surface area (Å²) in [5.74, 6) is -0.971. The zero-order valence-electron chi connectivity index (χ0n) is 19.9. The molecule has 2 heterocycles. The van der Waals surface area contributed by atoms with Gasteiger partial charge in [0.25, 0.3) is 0 Å². The number of azo groups is 1. The van der Waals surface area contributed by atoms with E-state index < -0.39 is 23.9 Å². The highest BCUT2D eigenvalue weighted by Crippen LogP contribution is 2.36. The van der Waals surface area contributed by atoms with E-state index in [4.69, 9.17) is 9.47 Å². The van der Waals surface area contributed by atoms with Gasteiger partial charge in [0.1, 0.15) is 5.75 Å². The number of amides is 3. The number of aryl methyl sites for hydroxylation is 1. The van der Waals surface area contributed by atoms with Crippen LogP contribution in [0.4, 0.5) is 10.5 Å². The summed E-state index contributed by atoms with van der Waals surface area (Å²) in [6.07, 6.45) is 0. The SMILES string of the molecule is CCOC(=O)C1=C(C)NC(=O)NC1c1ccc(OCC(=O)N=Nc2c(O)[nH]c3ccc(C)cc23)cc1. The molecule has 0 spiro atoms. The molecule has 186 valence electrons. The van der Waals surface area contributed by atoms with Gasteiger partial charge in [-0.2, -0.15) is 0 Å². The zero-order chi connectivity index (χ0) is 25.8. The van der Waals surface area contributed by atoms with Crippen molar-refractivity contribution in [2.24, 2.45) is 10.2 Å². The molecule has 2 aromatic carbocycles. The third-order valence-electron chi connectivity index (χ3n) is 5.51. The number of aromatic nitrogens is 1. The fraction of sp³-hybridized carbons (Fsp3) is 0.240. The smallest absolute Gasteiger partial charge is 0.338 e. The van der Waals surface area contributed by atoms with E-state index in [2.05, 4.69) is 25.8 Å². The summed E-state index contributed by atoms with van der Waals surface area (Å²) >= 11 is 0. The number of carbonyl (C=O) groups excluding carboxylic acids is 3. The van der Waals surface area contributed by atoms with Gasteiger partial charge < -0.3 is 30.2 Å². The predicted molar refractivity (Wildman–Crippen MR) is 130 cm³/mol. The van der Waals surface area contributed by atoms with Gasteiger partial charge in [-0.3, -0.25) is 4.79 Å². The van der Waals surface area contributed by atoms with Crippen molar-refractivity contribution < 1.29 is 29.0 Å². The number of carbonyl (C=O) groups is 3. The van der Waals surface area contributed by atoms with Gasteiger partial charge in [-0.15, -0.1) is 10.2 Å². The molecule has 3 aromatic rings. The lowest BCUT2D eigenvalue weighted by molar-refractivity contribution is -0.139. The van der Waals surface area contributed by atoms with Crippen molar-refractivity contribution in [1.29, 1.82) is 0 Å². The van der Waals surface area contributed by atoms with Gasteiger partial charge in [0.05, 0.1) is 23.7 Å². The highest BCUT2D eigenvalue weighted by Gasteiger charge is 2.32. The third-order valence-corrected chi connectivity index (χ3v) is 5.51. The number of benzene rings is 2. The first-order chi connectivity index (χ1) is 17.3. The molecular formula is C25H25N5O6. The molecule has 11 heteroatoms. The van der Waals surface area contributed by atoms with Crippen LogP contribution < -0.4 is 15.4 Å². The number of aromatic amines is 1. The summed E-state index contributed by atoms with van der Waals surface area (Å²) < 4.78 is 10.6. The first-order valence-corrected chi connectivity index (χ1v) is 11.2. The van der Waals surface area contributed by atoms with E-state index in [0.29, 0.717) is 33.5 Å². The Kier molecular flexibility index (Phi) is 7.00. The lowest BCUT2D eigenvalue weighted by Crippen LogP contribution is -2.45. The maximum Gasteiger partial charge on any atom is 0.338 e. The number of fused-ring (bicyclic) bond motifs is 1. The second-order valence-electron chi connectivity index (χ2n) is 8.11. The van der Waals surface area contributed by atoms with Gasteiger partial charge in [-0.05, 0) is 50.6 Å². The van der Waals surface area contributed by atoms with Crippen molar-refractivity contribution >= 4 is 34.5 Å². The molecule has 0 bridgehead atoms. The quantitative estimate of drug-likeness (QED) is 0.289. The largest absolute Gasteiger partial charge is 0.493 e. The van der Waals surface area contributed by atoms with Crippen LogP contribution in [0.5, 0.6) is 11.6 Å². The Bertz CT molecular complexity index is 1390. The zero-order valence-corrected chi connectivity index (χ0v) is 19.9. The Morgan fingerprint density at radius 1 is 1.11 bits per heavy atom. The topological polar surface area (TPSA) is 154 Å². The predicted octanol–water partition coefficient (Wildman–Crippen LogP) is 4.06. The molecule has 1 unspecified atom stereocenters. The molecule has 36 heavy (non-hydrogen) atoms. The molecule has 4 rings (SSSR count). The number of hydrogen-bond donors (Lipinski definition) is 4. The Morgan fingerprint density at radius 2 is 1.86 bits per heavy atom. The molecule has 0 fully saturated rings. The molecule has 11 nitrogen and oxygen atoms in total. The van der Waals surface area contributed by atoms with Crippen LogP contribution in [0.2, 0.25) is 0 Å². The van der Waals surface area contributed by atoms with Crippen LogP contribution >= 0.6 is 0 Å². The van der Waals surface area contributed by atoms with E-state index in [1.165, 1.54) is 0 Å². The van der Waals surface area contributed by atoms with E-state index in [9.17, 15) is 19.5 Å². The molecule has 1 aromatic heterocycles. The van der Waals surface area contributed by atoms with Crippen LogP contribution in [0.25, 0.3) is 10.9 Å². The molecule has 0 saturated carbocycles. The Balaban J connectivity index is 1.42. The van der Waals surface area contributed by atoms with Crippen LogP contribution in [-0.2, 0) is 14.3 Å². The second-order valence-corrected chi connectivity index (χ2v) is 8.11. The van der Waals surface area contributed by atoms with E-state index >= 15 is 0 Å². The highest BCUT2D eigenvalue weighted by atomic mass is 16.5. The van der Waals surface area contributed by atoms with E-state index in [0.717, 1.165) is 5.56 Å². The Labute approximate surface area is 206 Å². The number of nitrogens with zero attached hydrogens (tertiary/aromatic N) is 2. The summed E-state index contributed by atoms with van der Waals surface area (Å²) in [4.78, 5) is 39.4. The summed E-state index contributed by atoms with van der Waals surface area (Å²) in [6.45, 7) is 5.07. The summed E-state index contributed by atoms with van der Waals surface area (Å²) in [7, 11) is 0. The summed E-state index contributed by atoms with van der Waals surface area (Å²) in [5, 5.41) is 23.6. The second kappa shape index (κ2) is 10.3. The number of allylic oxidation sites excluding steroid dienone is 1. The lowest BCUT2D eigenvalue weighted by Gasteiger charge is -2.28. The molecule has 1 aliphatic rings.